The number of carbonyl (C=O) groups is 1. The fraction of sp³-hybridized carbons (Fsp3) is 0.640. The van der Waals surface area contributed by atoms with Gasteiger partial charge in [-0.25, -0.2) is 13.7 Å². The predicted octanol–water partition coefficient (Wildman–Crippen LogP) is 6.69. The molecule has 1 amide bonds. The van der Waals surface area contributed by atoms with Gasteiger partial charge in [-0.05, 0) is 73.3 Å². The normalized spacial score (nSPS) is 21.0. The molecular weight excluding hydrogens is 495 g/mol. The van der Waals surface area contributed by atoms with Crippen molar-refractivity contribution in [3.63, 3.8) is 0 Å². The van der Waals surface area contributed by atoms with Crippen molar-refractivity contribution in [1.82, 2.24) is 9.62 Å². The van der Waals surface area contributed by atoms with Crippen LogP contribution in [0.3, 0.4) is 0 Å². The van der Waals surface area contributed by atoms with Gasteiger partial charge in [-0.2, -0.15) is 0 Å². The number of halogens is 2. The molecule has 0 aliphatic carbocycles. The summed E-state index contributed by atoms with van der Waals surface area (Å²) in [7, 11) is -1.34. The van der Waals surface area contributed by atoms with E-state index in [1.165, 1.54) is 0 Å². The largest absolute Gasteiger partial charge is 0.489 e. The minimum Gasteiger partial charge on any atom is -0.489 e. The van der Waals surface area contributed by atoms with Gasteiger partial charge in [0.2, 0.25) is 0 Å². The van der Waals surface area contributed by atoms with Crippen molar-refractivity contribution in [1.29, 1.82) is 0 Å². The fourth-order valence-corrected chi connectivity index (χ4v) is 5.10. The van der Waals surface area contributed by atoms with E-state index in [1.807, 2.05) is 48.5 Å². The molecule has 34 heavy (non-hydrogen) atoms. The number of ether oxygens (including phenoxy) is 2. The van der Waals surface area contributed by atoms with Crippen LogP contribution in [0.4, 0.5) is 4.79 Å². The van der Waals surface area contributed by atoms with Crippen molar-refractivity contribution < 1.29 is 18.5 Å². The van der Waals surface area contributed by atoms with Gasteiger partial charge in [0.15, 0.2) is 0 Å². The molecule has 1 saturated heterocycles. The Morgan fingerprint density at radius 2 is 1.88 bits per heavy atom. The summed E-state index contributed by atoms with van der Waals surface area (Å²) in [6.07, 6.45) is 2.73. The number of rotatable bonds is 7. The van der Waals surface area contributed by atoms with Crippen molar-refractivity contribution in [3.8, 4) is 5.75 Å². The first-order valence-electron chi connectivity index (χ1n) is 11.5. The minimum atomic E-state index is -1.34. The third-order valence-electron chi connectivity index (χ3n) is 5.55. The predicted molar refractivity (Wildman–Crippen MR) is 141 cm³/mol. The van der Waals surface area contributed by atoms with Crippen LogP contribution in [-0.2, 0) is 15.7 Å². The fourth-order valence-electron chi connectivity index (χ4n) is 3.87. The van der Waals surface area contributed by atoms with Gasteiger partial charge in [-0.15, -0.1) is 0 Å². The van der Waals surface area contributed by atoms with Crippen molar-refractivity contribution in [2.75, 3.05) is 13.2 Å². The molecule has 1 N–H and O–H groups in total. The maximum absolute atomic E-state index is 13.2. The van der Waals surface area contributed by atoms with Crippen LogP contribution in [0.1, 0.15) is 72.9 Å². The van der Waals surface area contributed by atoms with E-state index >= 15 is 0 Å². The first-order valence-corrected chi connectivity index (χ1v) is 13.4. The smallest absolute Gasteiger partial charge is 0.410 e. The molecule has 1 aromatic rings. The lowest BCUT2D eigenvalue weighted by Gasteiger charge is -2.41. The molecule has 0 radical (unpaired) electrons. The lowest BCUT2D eigenvalue weighted by Crippen LogP contribution is -2.49. The Kier molecular flexibility index (Phi) is 9.91. The Balaban J connectivity index is 2.40. The summed E-state index contributed by atoms with van der Waals surface area (Å²) < 4.78 is 27.6. The third kappa shape index (κ3) is 7.87. The van der Waals surface area contributed by atoms with E-state index in [4.69, 9.17) is 32.7 Å². The zero-order chi connectivity index (χ0) is 25.8. The van der Waals surface area contributed by atoms with Crippen LogP contribution < -0.4 is 9.46 Å². The molecule has 1 aliphatic heterocycles. The third-order valence-corrected chi connectivity index (χ3v) is 7.85. The number of hydrogen-bond donors (Lipinski definition) is 1. The first-order chi connectivity index (χ1) is 15.6. The second-order valence-electron chi connectivity index (χ2n) is 10.7. The van der Waals surface area contributed by atoms with Gasteiger partial charge >= 0.3 is 6.09 Å². The van der Waals surface area contributed by atoms with E-state index in [-0.39, 0.29) is 24.1 Å². The van der Waals surface area contributed by atoms with Crippen LogP contribution >= 0.6 is 23.2 Å². The molecule has 6 nitrogen and oxygen atoms in total. The second kappa shape index (κ2) is 11.6. The molecule has 1 heterocycles. The molecule has 0 saturated carbocycles. The van der Waals surface area contributed by atoms with E-state index in [1.54, 1.807) is 23.1 Å². The van der Waals surface area contributed by atoms with E-state index in [0.29, 0.717) is 41.8 Å². The maximum atomic E-state index is 13.2. The van der Waals surface area contributed by atoms with Crippen LogP contribution in [0, 0.1) is 5.92 Å². The van der Waals surface area contributed by atoms with E-state index in [9.17, 15) is 9.00 Å². The minimum absolute atomic E-state index is 0.0544. The molecular formula is C25H38Cl2N2O4S. The van der Waals surface area contributed by atoms with Crippen molar-refractivity contribution in [2.45, 2.75) is 83.7 Å². The van der Waals surface area contributed by atoms with Crippen molar-refractivity contribution >= 4 is 40.3 Å². The summed E-state index contributed by atoms with van der Waals surface area (Å²) in [5.74, 6) is 0.642. The highest BCUT2D eigenvalue weighted by atomic mass is 35.5. The molecule has 0 aromatic heterocycles. The van der Waals surface area contributed by atoms with Gasteiger partial charge in [-0.3, -0.25) is 0 Å². The summed E-state index contributed by atoms with van der Waals surface area (Å²) in [6, 6.07) is 3.10. The number of piperidine rings is 1. The monoisotopic (exact) mass is 532 g/mol. The second-order valence-corrected chi connectivity index (χ2v) is 13.5. The molecule has 2 rings (SSSR count). The van der Waals surface area contributed by atoms with E-state index in [2.05, 4.69) is 11.3 Å². The average molecular weight is 534 g/mol. The molecule has 192 valence electrons. The van der Waals surface area contributed by atoms with Crippen molar-refractivity contribution in [2.24, 2.45) is 5.92 Å². The summed E-state index contributed by atoms with van der Waals surface area (Å²) in [5, 5.41) is 0.781. The quantitative estimate of drug-likeness (QED) is 0.397. The van der Waals surface area contributed by atoms with Gasteiger partial charge in [0, 0.05) is 24.2 Å². The number of hydrogen-bond acceptors (Lipinski definition) is 4. The molecule has 1 aromatic carbocycles. The van der Waals surface area contributed by atoms with E-state index < -0.39 is 21.3 Å². The van der Waals surface area contributed by atoms with Gasteiger partial charge in [0.25, 0.3) is 0 Å². The summed E-state index contributed by atoms with van der Waals surface area (Å²) in [6.45, 7) is 17.9. The first kappa shape index (κ1) is 29.0. The lowest BCUT2D eigenvalue weighted by atomic mass is 9.83. The van der Waals surface area contributed by atoms with Gasteiger partial charge in [0.05, 0.1) is 31.8 Å². The highest BCUT2D eigenvalue weighted by Crippen LogP contribution is 2.41. The number of benzene rings is 1. The average Bonchev–Trinajstić information content (AvgIpc) is 2.70. The van der Waals surface area contributed by atoms with Gasteiger partial charge in [0.1, 0.15) is 18.0 Å². The molecule has 1 aliphatic rings. The zero-order valence-electron chi connectivity index (χ0n) is 21.2. The van der Waals surface area contributed by atoms with Crippen molar-refractivity contribution in [3.05, 3.63) is 40.4 Å². The molecule has 9 heteroatoms. The topological polar surface area (TPSA) is 67.9 Å². The molecule has 1 fully saturated rings. The van der Waals surface area contributed by atoms with E-state index in [0.717, 1.165) is 5.56 Å². The highest BCUT2D eigenvalue weighted by Gasteiger charge is 2.38. The highest BCUT2D eigenvalue weighted by molar-refractivity contribution is 7.84. The molecule has 0 spiro atoms. The number of carbonyl (C=O) groups excluding carboxylic acids is 1. The summed E-state index contributed by atoms with van der Waals surface area (Å²) in [4.78, 5) is 14.5. The lowest BCUT2D eigenvalue weighted by molar-refractivity contribution is 0.00532. The van der Waals surface area contributed by atoms with Crippen LogP contribution in [-0.4, -0.2) is 44.7 Å². The molecule has 0 bridgehead atoms. The van der Waals surface area contributed by atoms with Crippen LogP contribution in [0.2, 0.25) is 10.0 Å². The van der Waals surface area contributed by atoms with Gasteiger partial charge < -0.3 is 14.4 Å². The number of amides is 1. The Labute approximate surface area is 216 Å². The number of nitrogens with zero attached hydrogens (tertiary/aromatic N) is 1. The summed E-state index contributed by atoms with van der Waals surface area (Å²) >= 11 is 12.7. The van der Waals surface area contributed by atoms with Crippen LogP contribution in [0.15, 0.2) is 24.8 Å². The zero-order valence-corrected chi connectivity index (χ0v) is 23.6. The molecule has 3 unspecified atom stereocenters. The standard InChI is InChI=1S/C25H38Cl2N2O4S/c1-9-12-32-21-15-20(27)19(26)14-18(21)22(28-34(31)25(6,7)8)17-10-11-29(16(2)13-17)23(30)33-24(3,4)5/h9,14-17,22,28H,1,10-13H2,2-8H3/t16?,17?,22-,34?/m1/s1. The maximum Gasteiger partial charge on any atom is 0.410 e. The van der Waals surface area contributed by atoms with Gasteiger partial charge in [-0.1, -0.05) is 35.9 Å². The molecule has 4 atom stereocenters. The van der Waals surface area contributed by atoms with Crippen LogP contribution in [0.25, 0.3) is 0 Å². The number of nitrogens with one attached hydrogen (secondary N) is 1. The Hall–Kier alpha value is -1.28. The Morgan fingerprint density at radius 1 is 1.26 bits per heavy atom. The van der Waals surface area contributed by atoms with Crippen LogP contribution in [0.5, 0.6) is 5.75 Å². The Bertz CT molecular complexity index is 911. The summed E-state index contributed by atoms with van der Waals surface area (Å²) in [5.41, 5.74) is 0.232. The SMILES string of the molecule is C=CCOc1cc(Cl)c(Cl)cc1[C@H](NS(=O)C(C)(C)C)C1CCN(C(=O)OC(C)(C)C)C(C)C1. The Morgan fingerprint density at radius 3 is 2.41 bits per heavy atom. The number of likely N-dealkylation sites (tertiary alicyclic amines) is 1.